The third-order valence-electron chi connectivity index (χ3n) is 15.5. The van der Waals surface area contributed by atoms with Crippen LogP contribution in [0.2, 0.25) is 0 Å². The predicted molar refractivity (Wildman–Crippen MR) is 262 cm³/mol. The van der Waals surface area contributed by atoms with E-state index in [0.717, 1.165) is 142 Å². The fourth-order valence-corrected chi connectivity index (χ4v) is 11.4. The zero-order valence-electron chi connectivity index (χ0n) is 40.8. The summed E-state index contributed by atoms with van der Waals surface area (Å²) in [5.74, 6) is 0.337. The first-order chi connectivity index (χ1) is 34.0. The first kappa shape index (κ1) is 49.1. The molecule has 6 aliphatic rings. The Labute approximate surface area is 409 Å². The van der Waals surface area contributed by atoms with Gasteiger partial charge in [0, 0.05) is 121 Å². The number of ether oxygens (including phenoxy) is 1. The number of rotatable bonds is 15. The number of carbonyl (C=O) groups is 5. The van der Waals surface area contributed by atoms with E-state index in [9.17, 15) is 24.0 Å². The van der Waals surface area contributed by atoms with Gasteiger partial charge in [0.2, 0.25) is 29.6 Å². The molecule has 378 valence electrons. The number of likely N-dealkylation sites (tertiary alicyclic amines) is 1. The number of benzene rings is 1. The Morgan fingerprint density at radius 1 is 0.814 bits per heavy atom. The minimum Gasteiger partial charge on any atom is -0.462 e. The number of halogens is 1. The molecule has 3 aromatic rings. The van der Waals surface area contributed by atoms with Gasteiger partial charge >= 0.3 is 5.97 Å². The zero-order chi connectivity index (χ0) is 48.7. The molecule has 6 heterocycles. The van der Waals surface area contributed by atoms with Crippen molar-refractivity contribution < 1.29 is 33.1 Å². The van der Waals surface area contributed by atoms with E-state index in [1.54, 1.807) is 29.9 Å². The molecule has 1 aromatic carbocycles. The Kier molecular flexibility index (Phi) is 15.8. The molecule has 2 aliphatic carbocycles. The lowest BCUT2D eigenvalue weighted by molar-refractivity contribution is -0.142. The maximum atomic E-state index is 15.2. The van der Waals surface area contributed by atoms with E-state index in [4.69, 9.17) is 4.74 Å². The molecule has 2 atom stereocenters. The van der Waals surface area contributed by atoms with Crippen molar-refractivity contribution in [3.05, 3.63) is 48.2 Å². The van der Waals surface area contributed by atoms with Crippen LogP contribution in [-0.2, 0) is 31.0 Å². The van der Waals surface area contributed by atoms with Gasteiger partial charge in [0.15, 0.2) is 0 Å². The number of imide groups is 1. The number of hydrogen-bond acceptors (Lipinski definition) is 15. The fraction of sp³-hybridized carbons (Fsp3) is 0.640. The van der Waals surface area contributed by atoms with Gasteiger partial charge in [0.25, 0.3) is 0 Å². The lowest BCUT2D eigenvalue weighted by Gasteiger charge is -2.43. The van der Waals surface area contributed by atoms with Gasteiger partial charge in [0.05, 0.1) is 24.2 Å². The molecule has 4 aliphatic heterocycles. The van der Waals surface area contributed by atoms with Crippen LogP contribution in [0.15, 0.2) is 36.8 Å². The highest BCUT2D eigenvalue weighted by Crippen LogP contribution is 2.35. The summed E-state index contributed by atoms with van der Waals surface area (Å²) in [7, 11) is 1.83. The zero-order valence-corrected chi connectivity index (χ0v) is 40.8. The lowest BCUT2D eigenvalue weighted by atomic mass is 9.80. The van der Waals surface area contributed by atoms with Gasteiger partial charge in [-0.1, -0.05) is 0 Å². The van der Waals surface area contributed by atoms with E-state index in [1.165, 1.54) is 12.3 Å². The van der Waals surface area contributed by atoms with Crippen molar-refractivity contribution in [3.63, 3.8) is 0 Å². The minimum atomic E-state index is -0.559. The van der Waals surface area contributed by atoms with Gasteiger partial charge in [0.1, 0.15) is 23.2 Å². The van der Waals surface area contributed by atoms with E-state index in [-0.39, 0.29) is 60.4 Å². The number of esters is 1. The summed E-state index contributed by atoms with van der Waals surface area (Å²) in [6, 6.07) is 5.01. The smallest absolute Gasteiger partial charge is 0.343 e. The lowest BCUT2D eigenvalue weighted by Crippen LogP contribution is -2.54. The summed E-state index contributed by atoms with van der Waals surface area (Å²) in [4.78, 5) is 84.1. The van der Waals surface area contributed by atoms with E-state index in [2.05, 4.69) is 60.8 Å². The number of aryl methyl sites for hydroxylation is 1. The Morgan fingerprint density at radius 3 is 2.21 bits per heavy atom. The summed E-state index contributed by atoms with van der Waals surface area (Å²) in [6.45, 7) is 10.9. The molecule has 19 nitrogen and oxygen atoms in total. The van der Waals surface area contributed by atoms with E-state index >= 15 is 4.39 Å². The molecule has 4 saturated heterocycles. The van der Waals surface area contributed by atoms with Gasteiger partial charge in [-0.15, -0.1) is 0 Å². The maximum Gasteiger partial charge on any atom is 0.343 e. The summed E-state index contributed by atoms with van der Waals surface area (Å²) in [5, 5.41) is 16.3. The van der Waals surface area contributed by atoms with Crippen LogP contribution in [0.25, 0.3) is 0 Å². The third-order valence-corrected chi connectivity index (χ3v) is 15.5. The van der Waals surface area contributed by atoms with Crippen LogP contribution in [0.3, 0.4) is 0 Å². The summed E-state index contributed by atoms with van der Waals surface area (Å²) in [5.41, 5.74) is 2.13. The first-order valence-electron chi connectivity index (χ1n) is 25.7. The molecule has 2 saturated carbocycles. The summed E-state index contributed by atoms with van der Waals surface area (Å²) < 4.78 is 22.2. The summed E-state index contributed by atoms with van der Waals surface area (Å²) in [6.07, 6.45) is 14.7. The Bertz CT molecular complexity index is 2340. The van der Waals surface area contributed by atoms with Crippen molar-refractivity contribution in [1.29, 1.82) is 0 Å². The standard InChI is InChI=1S/C50H70FN13O6/c1-3-70-49(69)40-30-52-50(56-38-29-53-59(2)32-38)58-45(40)55-36-8-11-39(12-9-36)61-24-26-63(27-25-61)47(67)34-4-6-35(7-5-34)48(68)64-19-17-33(31-64)16-18-60-20-22-62(23-21-60)43-14-10-37(28-41(43)51)54-42-13-15-44(65)57-46(42)66/h10,14,28-30,32-36,39,42,54H,3-9,11-13,15-27,31H2,1-2H3,(H,57,65,66)(H2,52,55,56,58)/t33-,34?,35?,36?,39?,42?/m0/s1. The molecular formula is C50H70FN13O6. The van der Waals surface area contributed by atoms with Crippen molar-refractivity contribution in [2.24, 2.45) is 24.8 Å². The molecule has 20 heteroatoms. The first-order valence-corrected chi connectivity index (χ1v) is 25.7. The van der Waals surface area contributed by atoms with Crippen molar-refractivity contribution in [2.45, 2.75) is 102 Å². The van der Waals surface area contributed by atoms with E-state index < -0.39 is 12.0 Å². The Morgan fingerprint density at radius 2 is 1.54 bits per heavy atom. The second-order valence-corrected chi connectivity index (χ2v) is 20.1. The summed E-state index contributed by atoms with van der Waals surface area (Å²) >= 11 is 0. The van der Waals surface area contributed by atoms with Crippen molar-refractivity contribution in [1.82, 2.24) is 44.7 Å². The second kappa shape index (κ2) is 22.5. The van der Waals surface area contributed by atoms with Crippen LogP contribution < -0.4 is 26.2 Å². The Hall–Kier alpha value is -5.89. The number of hydrogen-bond donors (Lipinski definition) is 4. The highest BCUT2D eigenvalue weighted by molar-refractivity contribution is 6.01. The molecule has 9 rings (SSSR count). The molecule has 0 spiro atoms. The number of piperidine rings is 1. The number of anilines is 5. The molecule has 4 amide bonds. The van der Waals surface area contributed by atoms with Crippen LogP contribution in [-0.4, -0.2) is 166 Å². The van der Waals surface area contributed by atoms with Gasteiger partial charge in [-0.3, -0.25) is 39.0 Å². The monoisotopic (exact) mass is 968 g/mol. The second-order valence-electron chi connectivity index (χ2n) is 20.1. The average Bonchev–Trinajstić information content (AvgIpc) is 4.03. The molecule has 70 heavy (non-hydrogen) atoms. The Balaban J connectivity index is 0.651. The molecule has 1 unspecified atom stereocenters. The van der Waals surface area contributed by atoms with Gasteiger partial charge in [-0.05, 0) is 108 Å². The van der Waals surface area contributed by atoms with Gasteiger partial charge in [-0.25, -0.2) is 14.2 Å². The normalized spacial score (nSPS) is 25.9. The highest BCUT2D eigenvalue weighted by atomic mass is 19.1. The number of amides is 4. The maximum absolute atomic E-state index is 15.2. The number of carbonyl (C=O) groups excluding carboxylic acids is 5. The largest absolute Gasteiger partial charge is 0.462 e. The molecule has 6 fully saturated rings. The van der Waals surface area contributed by atoms with Crippen molar-refractivity contribution >= 4 is 58.4 Å². The topological polar surface area (TPSA) is 202 Å². The third kappa shape index (κ3) is 12.0. The predicted octanol–water partition coefficient (Wildman–Crippen LogP) is 4.22. The fourth-order valence-electron chi connectivity index (χ4n) is 11.4. The van der Waals surface area contributed by atoms with Crippen molar-refractivity contribution in [3.8, 4) is 0 Å². The van der Waals surface area contributed by atoms with Crippen molar-refractivity contribution in [2.75, 3.05) is 99.4 Å². The van der Waals surface area contributed by atoms with Crippen LogP contribution in [0.1, 0.15) is 94.3 Å². The van der Waals surface area contributed by atoms with Gasteiger partial charge in [-0.2, -0.15) is 10.1 Å². The van der Waals surface area contributed by atoms with Crippen LogP contribution >= 0.6 is 0 Å². The minimum absolute atomic E-state index is 0.00309. The highest BCUT2D eigenvalue weighted by Gasteiger charge is 2.38. The number of nitrogens with zero attached hydrogens (tertiary/aromatic N) is 9. The van der Waals surface area contributed by atoms with E-state index in [1.807, 2.05) is 13.2 Å². The number of piperazine rings is 2. The molecule has 0 radical (unpaired) electrons. The van der Waals surface area contributed by atoms with Crippen LogP contribution in [0.5, 0.6) is 0 Å². The number of nitrogens with one attached hydrogen (secondary N) is 4. The van der Waals surface area contributed by atoms with E-state index in [0.29, 0.717) is 47.1 Å². The van der Waals surface area contributed by atoms with Gasteiger partial charge < -0.3 is 35.4 Å². The number of aromatic nitrogens is 4. The average molecular weight is 968 g/mol. The molecule has 0 bridgehead atoms. The molecule has 4 N–H and O–H groups in total. The molecule has 2 aromatic heterocycles. The molecular weight excluding hydrogens is 898 g/mol. The van der Waals surface area contributed by atoms with Crippen LogP contribution in [0, 0.1) is 23.6 Å². The quantitative estimate of drug-likeness (QED) is 0.125. The SMILES string of the molecule is CCOC(=O)c1cnc(Nc2cnn(C)c2)nc1NC1CCC(N2CCN(C(=O)C3CCC(C(=O)N4CC[C@H](CCN5CCN(c6ccc(NC7CCC(=O)NC7=O)cc6F)CC5)C4)CC3)CC2)CC1. The van der Waals surface area contributed by atoms with Crippen LogP contribution in [0.4, 0.5) is 33.2 Å².